The van der Waals surface area contributed by atoms with Crippen molar-refractivity contribution >= 4 is 45.9 Å². The summed E-state index contributed by atoms with van der Waals surface area (Å²) in [6.45, 7) is 3.87. The number of hydrogen-bond acceptors (Lipinski definition) is 5. The van der Waals surface area contributed by atoms with Crippen molar-refractivity contribution in [3.8, 4) is 11.1 Å². The number of benzene rings is 4. The molecule has 1 N–H and O–H groups in total. The fourth-order valence-corrected chi connectivity index (χ4v) is 5.60. The van der Waals surface area contributed by atoms with Crippen LogP contribution in [-0.4, -0.2) is 30.0 Å². The van der Waals surface area contributed by atoms with Crippen molar-refractivity contribution in [2.75, 3.05) is 17.7 Å². The molecule has 0 heterocycles. The molecular formula is C31H27NO4S. The third-order valence-corrected chi connectivity index (χ3v) is 7.84. The van der Waals surface area contributed by atoms with Gasteiger partial charge in [0.05, 0.1) is 5.75 Å². The summed E-state index contributed by atoms with van der Waals surface area (Å²) < 4.78 is 5.25. The number of thioether (sulfide) groups is 1. The average molecular weight is 510 g/mol. The van der Waals surface area contributed by atoms with E-state index in [9.17, 15) is 14.4 Å². The molecule has 4 aromatic carbocycles. The first-order valence-electron chi connectivity index (χ1n) is 12.3. The predicted octanol–water partition coefficient (Wildman–Crippen LogP) is 6.84. The molecule has 5 rings (SSSR count). The maximum absolute atomic E-state index is 13.1. The minimum absolute atomic E-state index is 0.0103. The summed E-state index contributed by atoms with van der Waals surface area (Å²) in [7, 11) is 0. The van der Waals surface area contributed by atoms with Gasteiger partial charge in [0.1, 0.15) is 0 Å². The maximum Gasteiger partial charge on any atom is 0.316 e. The van der Waals surface area contributed by atoms with E-state index in [1.807, 2.05) is 78.9 Å². The molecule has 1 unspecified atom stereocenters. The van der Waals surface area contributed by atoms with Gasteiger partial charge in [-0.25, -0.2) is 0 Å². The van der Waals surface area contributed by atoms with Gasteiger partial charge in [0.15, 0.2) is 12.4 Å². The highest BCUT2D eigenvalue weighted by Crippen LogP contribution is 2.42. The maximum atomic E-state index is 13.1. The molecule has 5 nitrogen and oxygen atoms in total. The predicted molar refractivity (Wildman–Crippen MR) is 148 cm³/mol. The molecule has 0 fully saturated rings. The standard InChI is InChI=1S/C31H27NO4S/c1-3-19(2)20-9-6-7-14-26(20)32-28(33)17-36-29(34)18-37-27-16-15-22-21-10-4-5-11-23(21)31(35)25-13-8-12-24(27)30(22)25/h4-16,19H,3,17-18H2,1-2H3,(H,32,33). The summed E-state index contributed by atoms with van der Waals surface area (Å²) in [5.74, 6) is -0.470. The minimum Gasteiger partial charge on any atom is -0.455 e. The zero-order valence-electron chi connectivity index (χ0n) is 20.7. The van der Waals surface area contributed by atoms with Crippen LogP contribution in [0.25, 0.3) is 21.9 Å². The number of ketones is 1. The molecule has 1 aliphatic rings. The average Bonchev–Trinajstić information content (AvgIpc) is 2.93. The van der Waals surface area contributed by atoms with Crippen LogP contribution >= 0.6 is 11.8 Å². The lowest BCUT2D eigenvalue weighted by atomic mass is 9.83. The lowest BCUT2D eigenvalue weighted by Gasteiger charge is -2.21. The Morgan fingerprint density at radius 2 is 1.59 bits per heavy atom. The van der Waals surface area contributed by atoms with E-state index in [1.54, 1.807) is 0 Å². The van der Waals surface area contributed by atoms with Crippen molar-refractivity contribution in [1.82, 2.24) is 0 Å². The first-order chi connectivity index (χ1) is 18.0. The fourth-order valence-electron chi connectivity index (χ4n) is 4.75. The van der Waals surface area contributed by atoms with E-state index in [4.69, 9.17) is 4.74 Å². The van der Waals surface area contributed by atoms with E-state index in [0.717, 1.165) is 44.5 Å². The SMILES string of the molecule is CCC(C)c1ccccc1NC(=O)COC(=O)CSc1ccc2c3c(cccc13)C(=O)c1ccccc1-2. The number of anilines is 1. The molecule has 37 heavy (non-hydrogen) atoms. The van der Waals surface area contributed by atoms with Crippen LogP contribution in [0, 0.1) is 0 Å². The highest BCUT2D eigenvalue weighted by Gasteiger charge is 2.25. The second-order valence-corrected chi connectivity index (χ2v) is 10.1. The number of esters is 1. The number of nitrogens with one attached hydrogen (secondary N) is 1. The van der Waals surface area contributed by atoms with E-state index >= 15 is 0 Å². The van der Waals surface area contributed by atoms with E-state index in [0.29, 0.717) is 17.0 Å². The summed E-state index contributed by atoms with van der Waals surface area (Å²) in [4.78, 5) is 38.9. The van der Waals surface area contributed by atoms with Crippen LogP contribution in [-0.2, 0) is 14.3 Å². The number of carbonyl (C=O) groups excluding carboxylic acids is 3. The van der Waals surface area contributed by atoms with Gasteiger partial charge in [0, 0.05) is 27.1 Å². The zero-order chi connectivity index (χ0) is 25.9. The molecule has 0 spiro atoms. The summed E-state index contributed by atoms with van der Waals surface area (Å²) in [6, 6.07) is 25.0. The van der Waals surface area contributed by atoms with Gasteiger partial charge < -0.3 is 10.1 Å². The van der Waals surface area contributed by atoms with Crippen LogP contribution < -0.4 is 5.32 Å². The third kappa shape index (κ3) is 4.89. The largest absolute Gasteiger partial charge is 0.455 e. The van der Waals surface area contributed by atoms with Crippen LogP contribution in [0.2, 0.25) is 0 Å². The highest BCUT2D eigenvalue weighted by atomic mass is 32.2. The Kier molecular flexibility index (Phi) is 7.10. The van der Waals surface area contributed by atoms with Crippen molar-refractivity contribution in [3.05, 3.63) is 95.6 Å². The van der Waals surface area contributed by atoms with Crippen molar-refractivity contribution in [2.24, 2.45) is 0 Å². The number of rotatable bonds is 8. The first kappa shape index (κ1) is 24.8. The Bertz CT molecular complexity index is 1530. The number of amides is 1. The molecule has 1 amide bonds. The van der Waals surface area contributed by atoms with Gasteiger partial charge >= 0.3 is 5.97 Å². The van der Waals surface area contributed by atoms with E-state index in [2.05, 4.69) is 19.2 Å². The van der Waals surface area contributed by atoms with Gasteiger partial charge in [-0.1, -0.05) is 80.6 Å². The number of carbonyl (C=O) groups is 3. The van der Waals surface area contributed by atoms with Gasteiger partial charge in [-0.3, -0.25) is 14.4 Å². The van der Waals surface area contributed by atoms with Gasteiger partial charge in [-0.2, -0.15) is 0 Å². The highest BCUT2D eigenvalue weighted by molar-refractivity contribution is 8.00. The Labute approximate surface area is 220 Å². The molecule has 1 atom stereocenters. The third-order valence-electron chi connectivity index (χ3n) is 6.80. The number of ether oxygens (including phenoxy) is 1. The molecule has 0 bridgehead atoms. The summed E-state index contributed by atoms with van der Waals surface area (Å²) in [6.07, 6.45) is 0.955. The van der Waals surface area contributed by atoms with Crippen molar-refractivity contribution in [3.63, 3.8) is 0 Å². The smallest absolute Gasteiger partial charge is 0.316 e. The van der Waals surface area contributed by atoms with E-state index in [1.165, 1.54) is 11.8 Å². The number of fused-ring (bicyclic) bond motifs is 2. The summed E-state index contributed by atoms with van der Waals surface area (Å²) in [5, 5.41) is 4.69. The molecule has 1 aliphatic carbocycles. The minimum atomic E-state index is -0.475. The fraction of sp³-hybridized carbons (Fsp3) is 0.194. The topological polar surface area (TPSA) is 72.5 Å². The molecule has 0 aliphatic heterocycles. The second-order valence-electron chi connectivity index (χ2n) is 9.11. The molecule has 186 valence electrons. The molecule has 0 saturated carbocycles. The second kappa shape index (κ2) is 10.6. The van der Waals surface area contributed by atoms with Crippen LogP contribution in [0.15, 0.2) is 83.8 Å². The monoisotopic (exact) mass is 509 g/mol. The Hall–Kier alpha value is -3.90. The zero-order valence-corrected chi connectivity index (χ0v) is 21.6. The molecule has 0 saturated heterocycles. The van der Waals surface area contributed by atoms with Gasteiger partial charge in [0.25, 0.3) is 5.91 Å². The molecular weight excluding hydrogens is 482 g/mol. The quantitative estimate of drug-likeness (QED) is 0.183. The van der Waals surface area contributed by atoms with Gasteiger partial charge in [0.2, 0.25) is 0 Å². The lowest BCUT2D eigenvalue weighted by Crippen LogP contribution is -2.22. The molecule has 4 aromatic rings. The van der Waals surface area contributed by atoms with Gasteiger partial charge in [-0.15, -0.1) is 11.8 Å². The molecule has 6 heteroatoms. The van der Waals surface area contributed by atoms with Crippen molar-refractivity contribution in [1.29, 1.82) is 0 Å². The lowest BCUT2D eigenvalue weighted by molar-refractivity contribution is -0.144. The van der Waals surface area contributed by atoms with Crippen LogP contribution in [0.3, 0.4) is 0 Å². The normalized spacial score (nSPS) is 12.6. The van der Waals surface area contributed by atoms with Crippen LogP contribution in [0.5, 0.6) is 0 Å². The number of hydrogen-bond donors (Lipinski definition) is 1. The Morgan fingerprint density at radius 3 is 2.41 bits per heavy atom. The molecule has 0 radical (unpaired) electrons. The van der Waals surface area contributed by atoms with E-state index in [-0.39, 0.29) is 24.1 Å². The Balaban J connectivity index is 1.25. The summed E-state index contributed by atoms with van der Waals surface area (Å²) >= 11 is 1.34. The van der Waals surface area contributed by atoms with Gasteiger partial charge in [-0.05, 0) is 46.5 Å². The van der Waals surface area contributed by atoms with Crippen molar-refractivity contribution in [2.45, 2.75) is 31.1 Å². The number of para-hydroxylation sites is 1. The van der Waals surface area contributed by atoms with E-state index < -0.39 is 5.97 Å². The Morgan fingerprint density at radius 1 is 0.865 bits per heavy atom. The van der Waals surface area contributed by atoms with Crippen LogP contribution in [0.4, 0.5) is 5.69 Å². The van der Waals surface area contributed by atoms with Crippen molar-refractivity contribution < 1.29 is 19.1 Å². The molecule has 0 aromatic heterocycles. The summed E-state index contributed by atoms with van der Waals surface area (Å²) in [5.41, 5.74) is 5.12. The first-order valence-corrected chi connectivity index (χ1v) is 13.3. The van der Waals surface area contributed by atoms with Crippen LogP contribution in [0.1, 0.15) is 47.7 Å².